The summed E-state index contributed by atoms with van der Waals surface area (Å²) in [6.07, 6.45) is 3.26. The smallest absolute Gasteiger partial charge is 0.244 e. The minimum atomic E-state index is -3.44. The molecular formula is C12H15ClN4O2S2. The first-order valence-corrected chi connectivity index (χ1v) is 9.34. The number of aromatic nitrogens is 2. The van der Waals surface area contributed by atoms with Gasteiger partial charge >= 0.3 is 0 Å². The maximum atomic E-state index is 12.5. The molecule has 0 bridgehead atoms. The van der Waals surface area contributed by atoms with Gasteiger partial charge in [0.2, 0.25) is 10.0 Å². The number of rotatable bonds is 4. The summed E-state index contributed by atoms with van der Waals surface area (Å²) in [5, 5.41) is 2.87. The highest BCUT2D eigenvalue weighted by Crippen LogP contribution is 2.23. The molecule has 1 N–H and O–H groups in total. The number of aromatic amines is 1. The van der Waals surface area contributed by atoms with E-state index >= 15 is 0 Å². The van der Waals surface area contributed by atoms with E-state index in [9.17, 15) is 8.42 Å². The zero-order valence-corrected chi connectivity index (χ0v) is 13.6. The van der Waals surface area contributed by atoms with Crippen molar-refractivity contribution in [2.45, 2.75) is 10.8 Å². The van der Waals surface area contributed by atoms with Gasteiger partial charge in [-0.1, -0.05) is 0 Å². The third-order valence-electron chi connectivity index (χ3n) is 3.43. The summed E-state index contributed by atoms with van der Waals surface area (Å²) in [4.78, 5) is 9.52. The molecule has 0 aliphatic carbocycles. The summed E-state index contributed by atoms with van der Waals surface area (Å²) in [5.74, 6) is 0.271. The average Bonchev–Trinajstić information content (AvgIpc) is 3.19. The van der Waals surface area contributed by atoms with Gasteiger partial charge in [-0.25, -0.2) is 13.4 Å². The minimum absolute atomic E-state index is 0.271. The van der Waals surface area contributed by atoms with Gasteiger partial charge in [0.15, 0.2) is 5.13 Å². The van der Waals surface area contributed by atoms with E-state index in [0.717, 1.165) is 5.13 Å². The molecule has 21 heavy (non-hydrogen) atoms. The largest absolute Gasteiger partial charge is 0.363 e. The molecule has 0 radical (unpaired) electrons. The minimum Gasteiger partial charge on any atom is -0.363 e. The first kappa shape index (κ1) is 14.8. The van der Waals surface area contributed by atoms with Crippen LogP contribution in [0.5, 0.6) is 0 Å². The number of hydrogen-bond acceptors (Lipinski definition) is 5. The molecule has 0 unspecified atom stereocenters. The predicted molar refractivity (Wildman–Crippen MR) is 83.4 cm³/mol. The van der Waals surface area contributed by atoms with E-state index in [1.54, 1.807) is 23.6 Å². The number of nitrogens with one attached hydrogen (secondary N) is 1. The quantitative estimate of drug-likeness (QED) is 0.856. The van der Waals surface area contributed by atoms with E-state index in [4.69, 9.17) is 11.6 Å². The van der Waals surface area contributed by atoms with Crippen molar-refractivity contribution in [3.05, 3.63) is 29.5 Å². The molecule has 6 nitrogen and oxygen atoms in total. The van der Waals surface area contributed by atoms with Crippen LogP contribution in [0.1, 0.15) is 5.69 Å². The maximum Gasteiger partial charge on any atom is 0.244 e. The van der Waals surface area contributed by atoms with E-state index in [1.807, 2.05) is 5.38 Å². The Bertz CT molecular complexity index is 691. The number of hydrogen-bond donors (Lipinski definition) is 1. The lowest BCUT2D eigenvalue weighted by Crippen LogP contribution is -2.48. The van der Waals surface area contributed by atoms with E-state index in [1.165, 1.54) is 10.5 Å². The third-order valence-corrected chi connectivity index (χ3v) is 6.42. The number of nitrogens with zero attached hydrogens (tertiary/aromatic N) is 3. The van der Waals surface area contributed by atoms with Crippen LogP contribution in [0, 0.1) is 0 Å². The van der Waals surface area contributed by atoms with Gasteiger partial charge < -0.3 is 9.88 Å². The van der Waals surface area contributed by atoms with Crippen LogP contribution in [0.2, 0.25) is 0 Å². The monoisotopic (exact) mass is 346 g/mol. The Morgan fingerprint density at radius 1 is 1.33 bits per heavy atom. The molecule has 1 fully saturated rings. The Labute approximate surface area is 132 Å². The molecule has 0 aromatic carbocycles. The van der Waals surface area contributed by atoms with Crippen molar-refractivity contribution >= 4 is 38.1 Å². The molecule has 9 heteroatoms. The molecule has 1 aliphatic heterocycles. The fraction of sp³-hybridized carbons (Fsp3) is 0.417. The zero-order valence-electron chi connectivity index (χ0n) is 11.2. The average molecular weight is 347 g/mol. The Kier molecular flexibility index (Phi) is 4.21. The number of halogens is 1. The van der Waals surface area contributed by atoms with Crippen molar-refractivity contribution in [3.8, 4) is 0 Å². The van der Waals surface area contributed by atoms with Gasteiger partial charge in [-0.3, -0.25) is 0 Å². The standard InChI is InChI=1S/C12H15ClN4O2S2/c13-8-10-7-11(9-15-10)21(18,19)17-4-2-16(3-5-17)12-14-1-6-20-12/h1,6-7,9,15H,2-5,8H2. The molecule has 114 valence electrons. The normalized spacial score (nSPS) is 17.3. The summed E-state index contributed by atoms with van der Waals surface area (Å²) < 4.78 is 26.6. The summed E-state index contributed by atoms with van der Waals surface area (Å²) in [5.41, 5.74) is 0.705. The van der Waals surface area contributed by atoms with Crippen LogP contribution in [0.3, 0.4) is 0 Å². The van der Waals surface area contributed by atoms with Crippen LogP contribution in [0.4, 0.5) is 5.13 Å². The van der Waals surface area contributed by atoms with Crippen molar-refractivity contribution < 1.29 is 8.42 Å². The SMILES string of the molecule is O=S(=O)(c1c[nH]c(CCl)c1)N1CCN(c2nccs2)CC1. The summed E-state index contributed by atoms with van der Waals surface area (Å²) in [6, 6.07) is 1.59. The molecule has 3 heterocycles. The Morgan fingerprint density at radius 3 is 2.67 bits per heavy atom. The molecule has 2 aromatic heterocycles. The van der Waals surface area contributed by atoms with Gasteiger partial charge in [-0.05, 0) is 6.07 Å². The molecule has 0 atom stereocenters. The Balaban J connectivity index is 1.71. The van der Waals surface area contributed by atoms with E-state index in [2.05, 4.69) is 14.9 Å². The molecule has 1 aliphatic rings. The van der Waals surface area contributed by atoms with Crippen LogP contribution in [-0.4, -0.2) is 48.9 Å². The molecule has 0 spiro atoms. The second kappa shape index (κ2) is 5.96. The third kappa shape index (κ3) is 2.94. The lowest BCUT2D eigenvalue weighted by molar-refractivity contribution is 0.385. The van der Waals surface area contributed by atoms with E-state index in [-0.39, 0.29) is 10.8 Å². The fourth-order valence-electron chi connectivity index (χ4n) is 2.29. The van der Waals surface area contributed by atoms with E-state index < -0.39 is 10.0 Å². The van der Waals surface area contributed by atoms with Gasteiger partial charge in [-0.2, -0.15) is 4.31 Å². The topological polar surface area (TPSA) is 69.3 Å². The van der Waals surface area contributed by atoms with Crippen molar-refractivity contribution in [2.24, 2.45) is 0 Å². The zero-order chi connectivity index (χ0) is 14.9. The highest BCUT2D eigenvalue weighted by Gasteiger charge is 2.29. The molecule has 0 amide bonds. The number of alkyl halides is 1. The highest BCUT2D eigenvalue weighted by atomic mass is 35.5. The Morgan fingerprint density at radius 2 is 2.10 bits per heavy atom. The van der Waals surface area contributed by atoms with Gasteiger partial charge in [0.1, 0.15) is 0 Å². The molecular weight excluding hydrogens is 332 g/mol. The number of H-pyrrole nitrogens is 1. The van der Waals surface area contributed by atoms with Gasteiger partial charge in [0.05, 0.1) is 10.8 Å². The van der Waals surface area contributed by atoms with Crippen LogP contribution in [0.25, 0.3) is 0 Å². The second-order valence-electron chi connectivity index (χ2n) is 4.70. The number of piperazine rings is 1. The number of anilines is 1. The lowest BCUT2D eigenvalue weighted by Gasteiger charge is -2.33. The first-order chi connectivity index (χ1) is 10.1. The first-order valence-electron chi connectivity index (χ1n) is 6.49. The molecule has 3 rings (SSSR count). The van der Waals surface area contributed by atoms with Crippen molar-refractivity contribution in [1.82, 2.24) is 14.3 Å². The maximum absolute atomic E-state index is 12.5. The number of thiazole rings is 1. The van der Waals surface area contributed by atoms with Crippen molar-refractivity contribution in [2.75, 3.05) is 31.1 Å². The van der Waals surface area contributed by atoms with Crippen LogP contribution < -0.4 is 4.90 Å². The van der Waals surface area contributed by atoms with Crippen LogP contribution >= 0.6 is 22.9 Å². The summed E-state index contributed by atoms with van der Waals surface area (Å²) in [7, 11) is -3.44. The fourth-order valence-corrected chi connectivity index (χ4v) is 4.58. The van der Waals surface area contributed by atoms with Gasteiger partial charge in [-0.15, -0.1) is 22.9 Å². The Hall–Kier alpha value is -1.09. The highest BCUT2D eigenvalue weighted by molar-refractivity contribution is 7.89. The van der Waals surface area contributed by atoms with Gasteiger partial charge in [0, 0.05) is 49.6 Å². The molecule has 2 aromatic rings. The van der Waals surface area contributed by atoms with Gasteiger partial charge in [0.25, 0.3) is 0 Å². The van der Waals surface area contributed by atoms with Crippen molar-refractivity contribution in [1.29, 1.82) is 0 Å². The summed E-state index contributed by atoms with van der Waals surface area (Å²) >= 11 is 7.27. The van der Waals surface area contributed by atoms with E-state index in [0.29, 0.717) is 31.9 Å². The van der Waals surface area contributed by atoms with Crippen LogP contribution in [-0.2, 0) is 15.9 Å². The molecule has 0 saturated carbocycles. The van der Waals surface area contributed by atoms with Crippen LogP contribution in [0.15, 0.2) is 28.7 Å². The number of sulfonamides is 1. The van der Waals surface area contributed by atoms with Crippen molar-refractivity contribution in [3.63, 3.8) is 0 Å². The molecule has 1 saturated heterocycles. The summed E-state index contributed by atoms with van der Waals surface area (Å²) in [6.45, 7) is 2.23. The predicted octanol–water partition coefficient (Wildman–Crippen LogP) is 1.72. The second-order valence-corrected chi connectivity index (χ2v) is 7.78. The lowest BCUT2D eigenvalue weighted by atomic mass is 10.4.